The molecule has 0 aromatic carbocycles. The van der Waals surface area contributed by atoms with Crippen molar-refractivity contribution >= 4 is 11.9 Å². The van der Waals surface area contributed by atoms with Crippen LogP contribution in [0.25, 0.3) is 0 Å². The zero-order valence-corrected chi connectivity index (χ0v) is 12.5. The highest BCUT2D eigenvalue weighted by Gasteiger charge is 2.28. The molecule has 0 aromatic heterocycles. The number of rotatable bonds is 9. The van der Waals surface area contributed by atoms with Crippen LogP contribution in [0.15, 0.2) is 4.99 Å². The molecule has 6 heteroatoms. The second-order valence-corrected chi connectivity index (χ2v) is 5.29. The highest BCUT2D eigenvalue weighted by molar-refractivity contribution is 5.75. The highest BCUT2D eigenvalue weighted by Crippen LogP contribution is 2.16. The Balaban J connectivity index is 4.41. The van der Waals surface area contributed by atoms with Gasteiger partial charge in [0.2, 0.25) is 0 Å². The Morgan fingerprint density at radius 3 is 2.05 bits per heavy atom. The highest BCUT2D eigenvalue weighted by atomic mass is 16.4. The largest absolute Gasteiger partial charge is 0.480 e. The Hall–Kier alpha value is -1.30. The summed E-state index contributed by atoms with van der Waals surface area (Å²) in [6.07, 6.45) is 2.21. The Kier molecular flexibility index (Phi) is 8.14. The minimum Gasteiger partial charge on any atom is -0.480 e. The molecule has 0 fully saturated rings. The minimum absolute atomic E-state index is 0.0840. The number of unbranched alkanes of at least 4 members (excludes halogenated alkanes) is 1. The number of aliphatic carboxylic acids is 1. The van der Waals surface area contributed by atoms with Crippen LogP contribution in [0.4, 0.5) is 0 Å². The number of nitrogens with zero attached hydrogens (tertiary/aromatic N) is 2. The van der Waals surface area contributed by atoms with Gasteiger partial charge in [0, 0.05) is 18.6 Å². The van der Waals surface area contributed by atoms with Gasteiger partial charge < -0.3 is 16.6 Å². The maximum Gasteiger partial charge on any atom is 0.320 e. The van der Waals surface area contributed by atoms with Crippen LogP contribution in [0.5, 0.6) is 0 Å². The number of nitrogens with two attached hydrogens (primary N) is 2. The van der Waals surface area contributed by atoms with Gasteiger partial charge in [0.15, 0.2) is 5.96 Å². The van der Waals surface area contributed by atoms with E-state index in [9.17, 15) is 9.90 Å². The summed E-state index contributed by atoms with van der Waals surface area (Å²) in [6, 6.07) is -0.0307. The van der Waals surface area contributed by atoms with Crippen molar-refractivity contribution in [3.8, 4) is 0 Å². The molecule has 6 nitrogen and oxygen atoms in total. The van der Waals surface area contributed by atoms with E-state index in [0.717, 1.165) is 12.8 Å². The summed E-state index contributed by atoms with van der Waals surface area (Å²) in [4.78, 5) is 17.3. The SMILES string of the molecule is CC(C)N(C(C)C)[C@@H](CCCCN=C(N)N)C(=O)O. The third kappa shape index (κ3) is 7.00. The molecule has 0 radical (unpaired) electrons. The van der Waals surface area contributed by atoms with E-state index in [1.807, 2.05) is 32.6 Å². The standard InChI is InChI=1S/C13H28N4O2/c1-9(2)17(10(3)4)11(12(18)19)7-5-6-8-16-13(14)15/h9-11H,5-8H2,1-4H3,(H,18,19)(H4,14,15,16)/t11-/m0/s1. The molecule has 1 atom stereocenters. The van der Waals surface area contributed by atoms with E-state index in [2.05, 4.69) is 4.99 Å². The van der Waals surface area contributed by atoms with E-state index in [0.29, 0.717) is 13.0 Å². The first-order valence-corrected chi connectivity index (χ1v) is 6.83. The molecule has 0 aliphatic heterocycles. The molecule has 0 spiro atoms. The lowest BCUT2D eigenvalue weighted by atomic mass is 10.0. The molecular weight excluding hydrogens is 244 g/mol. The lowest BCUT2D eigenvalue weighted by Gasteiger charge is -2.35. The maximum absolute atomic E-state index is 11.4. The van der Waals surface area contributed by atoms with Crippen molar-refractivity contribution in [3.63, 3.8) is 0 Å². The molecule has 0 aromatic rings. The molecule has 0 saturated heterocycles. The number of carbonyl (C=O) groups is 1. The van der Waals surface area contributed by atoms with E-state index in [-0.39, 0.29) is 18.0 Å². The molecule has 0 amide bonds. The van der Waals surface area contributed by atoms with Gasteiger partial charge in [-0.15, -0.1) is 0 Å². The first-order chi connectivity index (χ1) is 8.77. The summed E-state index contributed by atoms with van der Waals surface area (Å²) in [5.74, 6) is -0.676. The number of carboxylic acids is 1. The average molecular weight is 272 g/mol. The van der Waals surface area contributed by atoms with Crippen molar-refractivity contribution < 1.29 is 9.90 Å². The van der Waals surface area contributed by atoms with Crippen LogP contribution in [0.3, 0.4) is 0 Å². The Bertz CT molecular complexity index is 291. The quantitative estimate of drug-likeness (QED) is 0.330. The molecule has 0 unspecified atom stereocenters. The molecule has 0 bridgehead atoms. The van der Waals surface area contributed by atoms with Crippen molar-refractivity contribution in [1.29, 1.82) is 0 Å². The van der Waals surface area contributed by atoms with Gasteiger partial charge in [-0.2, -0.15) is 0 Å². The van der Waals surface area contributed by atoms with E-state index in [4.69, 9.17) is 11.5 Å². The summed E-state index contributed by atoms with van der Waals surface area (Å²) in [6.45, 7) is 8.65. The summed E-state index contributed by atoms with van der Waals surface area (Å²) in [7, 11) is 0. The lowest BCUT2D eigenvalue weighted by molar-refractivity contribution is -0.145. The van der Waals surface area contributed by atoms with Crippen LogP contribution >= 0.6 is 0 Å². The fourth-order valence-electron chi connectivity index (χ4n) is 2.37. The minimum atomic E-state index is -0.760. The summed E-state index contributed by atoms with van der Waals surface area (Å²) in [5.41, 5.74) is 10.5. The van der Waals surface area contributed by atoms with Gasteiger partial charge in [0.05, 0.1) is 0 Å². The fraction of sp³-hybridized carbons (Fsp3) is 0.846. The van der Waals surface area contributed by atoms with Crippen LogP contribution in [0, 0.1) is 0 Å². The Morgan fingerprint density at radius 1 is 1.16 bits per heavy atom. The van der Waals surface area contributed by atoms with E-state index < -0.39 is 12.0 Å². The van der Waals surface area contributed by atoms with Gasteiger partial charge in [-0.1, -0.05) is 0 Å². The third-order valence-electron chi connectivity index (χ3n) is 3.02. The molecule has 0 aliphatic rings. The molecule has 112 valence electrons. The van der Waals surface area contributed by atoms with Crippen molar-refractivity contribution in [3.05, 3.63) is 0 Å². The maximum atomic E-state index is 11.4. The number of hydrogen-bond donors (Lipinski definition) is 3. The van der Waals surface area contributed by atoms with E-state index in [1.54, 1.807) is 0 Å². The van der Waals surface area contributed by atoms with Crippen LogP contribution < -0.4 is 11.5 Å². The Labute approximate surface area is 115 Å². The fourth-order valence-corrected chi connectivity index (χ4v) is 2.37. The molecular formula is C13H28N4O2. The predicted molar refractivity (Wildman–Crippen MR) is 78.1 cm³/mol. The zero-order valence-electron chi connectivity index (χ0n) is 12.5. The average Bonchev–Trinajstić information content (AvgIpc) is 2.24. The summed E-state index contributed by atoms with van der Waals surface area (Å²) >= 11 is 0. The molecule has 0 aliphatic carbocycles. The van der Waals surface area contributed by atoms with E-state index >= 15 is 0 Å². The first kappa shape index (κ1) is 17.7. The smallest absolute Gasteiger partial charge is 0.320 e. The molecule has 19 heavy (non-hydrogen) atoms. The van der Waals surface area contributed by atoms with Crippen LogP contribution in [0.2, 0.25) is 0 Å². The van der Waals surface area contributed by atoms with Crippen molar-refractivity contribution in [2.75, 3.05) is 6.54 Å². The summed E-state index contributed by atoms with van der Waals surface area (Å²) < 4.78 is 0. The first-order valence-electron chi connectivity index (χ1n) is 6.83. The van der Waals surface area contributed by atoms with Gasteiger partial charge >= 0.3 is 5.97 Å². The number of aliphatic imine (C=N–C) groups is 1. The van der Waals surface area contributed by atoms with Gasteiger partial charge in [-0.05, 0) is 47.0 Å². The third-order valence-corrected chi connectivity index (χ3v) is 3.02. The Morgan fingerprint density at radius 2 is 1.68 bits per heavy atom. The predicted octanol–water partition coefficient (Wildman–Crippen LogP) is 1.00. The normalized spacial score (nSPS) is 13.0. The van der Waals surface area contributed by atoms with Gasteiger partial charge in [-0.3, -0.25) is 14.7 Å². The second-order valence-electron chi connectivity index (χ2n) is 5.29. The van der Waals surface area contributed by atoms with E-state index in [1.165, 1.54) is 0 Å². The number of guanidine groups is 1. The molecule has 0 heterocycles. The summed E-state index contributed by atoms with van der Waals surface area (Å²) in [5, 5.41) is 9.38. The van der Waals surface area contributed by atoms with Crippen LogP contribution in [-0.2, 0) is 4.79 Å². The van der Waals surface area contributed by atoms with Crippen molar-refractivity contribution in [2.45, 2.75) is 65.1 Å². The van der Waals surface area contributed by atoms with Gasteiger partial charge in [0.1, 0.15) is 6.04 Å². The van der Waals surface area contributed by atoms with Crippen LogP contribution in [-0.4, -0.2) is 46.6 Å². The number of carboxylic acid groups (broad SMARTS) is 1. The zero-order chi connectivity index (χ0) is 15.0. The van der Waals surface area contributed by atoms with Crippen molar-refractivity contribution in [1.82, 2.24) is 4.90 Å². The topological polar surface area (TPSA) is 105 Å². The molecule has 0 saturated carbocycles. The number of hydrogen-bond acceptors (Lipinski definition) is 3. The van der Waals surface area contributed by atoms with Crippen LogP contribution in [0.1, 0.15) is 47.0 Å². The van der Waals surface area contributed by atoms with Crippen molar-refractivity contribution in [2.24, 2.45) is 16.5 Å². The molecule has 5 N–H and O–H groups in total. The second kappa shape index (κ2) is 8.74. The van der Waals surface area contributed by atoms with Gasteiger partial charge in [0.25, 0.3) is 0 Å². The lowest BCUT2D eigenvalue weighted by Crippen LogP contribution is -2.49. The molecule has 0 rings (SSSR count). The van der Waals surface area contributed by atoms with Gasteiger partial charge in [-0.25, -0.2) is 0 Å². The monoisotopic (exact) mass is 272 g/mol.